The molecule has 0 bridgehead atoms. The van der Waals surface area contributed by atoms with E-state index in [1.54, 1.807) is 84.9 Å². The van der Waals surface area contributed by atoms with Gasteiger partial charge in [-0.15, -0.1) is 0 Å². The molecule has 0 N–H and O–H groups in total. The highest BCUT2D eigenvalue weighted by Crippen LogP contribution is 2.41. The predicted molar refractivity (Wildman–Crippen MR) is 140 cm³/mol. The van der Waals surface area contributed by atoms with Crippen LogP contribution in [0, 0.1) is 45.3 Å². The molecule has 0 heterocycles. The van der Waals surface area contributed by atoms with Gasteiger partial charge in [0.2, 0.25) is 0 Å². The zero-order valence-corrected chi connectivity index (χ0v) is 19.7. The molecule has 0 atom stereocenters. The number of fused-ring (bicyclic) bond motifs is 2. The third-order valence-electron chi connectivity index (χ3n) is 6.42. The number of rotatable bonds is 2. The second-order valence-electron chi connectivity index (χ2n) is 8.48. The van der Waals surface area contributed by atoms with Crippen LogP contribution in [-0.4, -0.2) is 11.6 Å². The molecule has 0 saturated carbocycles. The van der Waals surface area contributed by atoms with E-state index in [1.165, 1.54) is 0 Å². The van der Waals surface area contributed by atoms with E-state index in [0.29, 0.717) is 44.5 Å². The number of Topliss-reactive ketones (excluding diaryl/α,β-unsaturated/α-hetero) is 2. The number of carbonyl (C=O) groups is 2. The van der Waals surface area contributed by atoms with Gasteiger partial charge in [0.05, 0.1) is 0 Å². The van der Waals surface area contributed by atoms with Crippen LogP contribution < -0.4 is 0 Å². The monoisotopic (exact) mass is 486 g/mol. The van der Waals surface area contributed by atoms with Crippen LogP contribution in [-0.2, 0) is 0 Å². The number of hydrogen-bond acceptors (Lipinski definition) is 6. The van der Waals surface area contributed by atoms with Gasteiger partial charge in [-0.25, -0.2) is 0 Å². The highest BCUT2D eigenvalue weighted by molar-refractivity contribution is 6.30. The van der Waals surface area contributed by atoms with E-state index < -0.39 is 0 Å². The van der Waals surface area contributed by atoms with Gasteiger partial charge in [0.15, 0.2) is 11.6 Å². The molecule has 38 heavy (non-hydrogen) atoms. The van der Waals surface area contributed by atoms with Gasteiger partial charge >= 0.3 is 0 Å². The Bertz CT molecular complexity index is 1700. The third-order valence-corrected chi connectivity index (χ3v) is 6.42. The number of hydrogen-bond donors (Lipinski definition) is 0. The van der Waals surface area contributed by atoms with Gasteiger partial charge in [-0.1, -0.05) is 72.8 Å². The SMILES string of the molecule is N#CC(C#N)=C1/C(=C/c2ccc(/C=C3\C(=O)c4ccccc4C3=C(C#N)C#N)cc2)C(=O)c2ccccc21. The normalized spacial score (nSPS) is 15.4. The summed E-state index contributed by atoms with van der Waals surface area (Å²) >= 11 is 0. The Morgan fingerprint density at radius 1 is 0.500 bits per heavy atom. The zero-order chi connectivity index (χ0) is 26.8. The van der Waals surface area contributed by atoms with Crippen molar-refractivity contribution in [3.8, 4) is 24.3 Å². The van der Waals surface area contributed by atoms with Crippen LogP contribution in [0.25, 0.3) is 23.3 Å². The fourth-order valence-corrected chi connectivity index (χ4v) is 4.72. The van der Waals surface area contributed by atoms with Crippen molar-refractivity contribution in [1.29, 1.82) is 21.0 Å². The number of benzene rings is 3. The molecule has 6 nitrogen and oxygen atoms in total. The van der Waals surface area contributed by atoms with Crippen LogP contribution in [0.1, 0.15) is 43.0 Å². The van der Waals surface area contributed by atoms with Crippen molar-refractivity contribution in [2.45, 2.75) is 0 Å². The van der Waals surface area contributed by atoms with Crippen molar-refractivity contribution in [2.24, 2.45) is 0 Å². The van der Waals surface area contributed by atoms with Crippen LogP contribution in [0.4, 0.5) is 0 Å². The molecular formula is C32H14N4O2. The van der Waals surface area contributed by atoms with E-state index in [9.17, 15) is 30.6 Å². The molecular weight excluding hydrogens is 472 g/mol. The molecule has 0 aliphatic heterocycles. The first-order chi connectivity index (χ1) is 18.5. The number of carbonyl (C=O) groups excluding carboxylic acids is 2. The average molecular weight is 486 g/mol. The Balaban J connectivity index is 1.57. The van der Waals surface area contributed by atoms with E-state index in [2.05, 4.69) is 0 Å². The van der Waals surface area contributed by atoms with Crippen LogP contribution in [0.2, 0.25) is 0 Å². The summed E-state index contributed by atoms with van der Waals surface area (Å²) in [6.07, 6.45) is 3.27. The van der Waals surface area contributed by atoms with E-state index in [1.807, 2.05) is 24.3 Å². The van der Waals surface area contributed by atoms with Gasteiger partial charge in [-0.05, 0) is 34.4 Å². The van der Waals surface area contributed by atoms with Gasteiger partial charge in [0.1, 0.15) is 35.4 Å². The second-order valence-corrected chi connectivity index (χ2v) is 8.48. The minimum absolute atomic E-state index is 0.139. The minimum atomic E-state index is -0.269. The first-order valence-corrected chi connectivity index (χ1v) is 11.4. The van der Waals surface area contributed by atoms with Crippen LogP contribution in [0.15, 0.2) is 95.1 Å². The number of ketones is 2. The van der Waals surface area contributed by atoms with E-state index in [-0.39, 0.29) is 33.9 Å². The van der Waals surface area contributed by atoms with Crippen LogP contribution in [0.5, 0.6) is 0 Å². The van der Waals surface area contributed by atoms with Gasteiger partial charge in [-0.2, -0.15) is 21.0 Å². The van der Waals surface area contributed by atoms with Crippen molar-refractivity contribution in [1.82, 2.24) is 0 Å². The molecule has 174 valence electrons. The Hall–Kier alpha value is -6.08. The molecule has 0 radical (unpaired) electrons. The van der Waals surface area contributed by atoms with Crippen molar-refractivity contribution in [2.75, 3.05) is 0 Å². The third kappa shape index (κ3) is 3.73. The number of allylic oxidation sites excluding steroid dienone is 6. The summed E-state index contributed by atoms with van der Waals surface area (Å²) in [4.78, 5) is 26.2. The summed E-state index contributed by atoms with van der Waals surface area (Å²) in [5.74, 6) is -0.538. The molecule has 0 fully saturated rings. The van der Waals surface area contributed by atoms with Crippen LogP contribution in [0.3, 0.4) is 0 Å². The van der Waals surface area contributed by atoms with Crippen molar-refractivity contribution in [3.05, 3.63) is 128 Å². The van der Waals surface area contributed by atoms with Gasteiger partial charge in [-0.3, -0.25) is 9.59 Å². The smallest absolute Gasteiger partial charge is 0.194 e. The Labute approximate surface area is 218 Å². The lowest BCUT2D eigenvalue weighted by atomic mass is 9.96. The predicted octanol–water partition coefficient (Wildman–Crippen LogP) is 5.85. The van der Waals surface area contributed by atoms with Crippen molar-refractivity contribution >= 4 is 34.9 Å². The molecule has 3 aromatic rings. The lowest BCUT2D eigenvalue weighted by Crippen LogP contribution is -1.96. The van der Waals surface area contributed by atoms with Gasteiger partial charge in [0.25, 0.3) is 0 Å². The molecule has 0 spiro atoms. The van der Waals surface area contributed by atoms with Crippen molar-refractivity contribution in [3.63, 3.8) is 0 Å². The second kappa shape index (κ2) is 9.52. The standard InChI is InChI=1S/C32H14N4O2/c33-15-21(16-34)29-23-5-1-3-7-25(23)31(37)27(29)13-19-9-11-20(12-10-19)14-28-30(22(17-35)18-36)24-6-2-4-8-26(24)32(28)38/h1-14H/b27-13-,28-14-. The van der Waals surface area contributed by atoms with E-state index >= 15 is 0 Å². The molecule has 0 saturated heterocycles. The van der Waals surface area contributed by atoms with Gasteiger partial charge < -0.3 is 0 Å². The molecule has 0 unspecified atom stereocenters. The maximum absolute atomic E-state index is 13.1. The molecule has 0 aromatic heterocycles. The van der Waals surface area contributed by atoms with Crippen molar-refractivity contribution < 1.29 is 9.59 Å². The topological polar surface area (TPSA) is 129 Å². The highest BCUT2D eigenvalue weighted by atomic mass is 16.1. The first kappa shape index (κ1) is 23.7. The zero-order valence-electron chi connectivity index (χ0n) is 19.7. The molecule has 0 amide bonds. The quantitative estimate of drug-likeness (QED) is 0.330. The largest absolute Gasteiger partial charge is 0.289 e. The summed E-state index contributed by atoms with van der Waals surface area (Å²) in [6.45, 7) is 0. The van der Waals surface area contributed by atoms with E-state index in [4.69, 9.17) is 0 Å². The lowest BCUT2D eigenvalue weighted by Gasteiger charge is -2.04. The van der Waals surface area contributed by atoms with Crippen LogP contribution >= 0.6 is 0 Å². The lowest BCUT2D eigenvalue weighted by molar-refractivity contribution is 0.103. The number of nitrogens with zero attached hydrogens (tertiary/aromatic N) is 4. The first-order valence-electron chi connectivity index (χ1n) is 11.4. The minimum Gasteiger partial charge on any atom is -0.289 e. The number of nitriles is 4. The summed E-state index contributed by atoms with van der Waals surface area (Å²) in [5.41, 5.74) is 4.14. The van der Waals surface area contributed by atoms with Gasteiger partial charge in [0, 0.05) is 33.4 Å². The fraction of sp³-hybridized carbons (Fsp3) is 0. The summed E-state index contributed by atoms with van der Waals surface area (Å²) in [7, 11) is 0. The van der Waals surface area contributed by atoms with E-state index in [0.717, 1.165) is 0 Å². The highest BCUT2D eigenvalue weighted by Gasteiger charge is 2.33. The Kier molecular flexibility index (Phi) is 5.93. The molecule has 2 aliphatic carbocycles. The molecule has 3 aromatic carbocycles. The average Bonchev–Trinajstić information content (AvgIpc) is 3.38. The molecule has 6 heteroatoms. The maximum Gasteiger partial charge on any atom is 0.194 e. The summed E-state index contributed by atoms with van der Waals surface area (Å²) < 4.78 is 0. The molecule has 2 aliphatic rings. The summed E-state index contributed by atoms with van der Waals surface area (Å²) in [5, 5.41) is 38.0. The maximum atomic E-state index is 13.1. The molecule has 5 rings (SSSR count). The Morgan fingerprint density at radius 3 is 1.13 bits per heavy atom. The summed E-state index contributed by atoms with van der Waals surface area (Å²) in [6, 6.07) is 28.3. The Morgan fingerprint density at radius 2 is 0.816 bits per heavy atom. The fourth-order valence-electron chi connectivity index (χ4n) is 4.72.